The van der Waals surface area contributed by atoms with Crippen molar-refractivity contribution in [2.24, 2.45) is 0 Å². The van der Waals surface area contributed by atoms with Crippen LogP contribution in [0.15, 0.2) is 24.3 Å². The predicted molar refractivity (Wildman–Crippen MR) is 96.2 cm³/mol. The number of nitrogens with zero attached hydrogens (tertiary/aromatic N) is 6. The first-order valence-corrected chi connectivity index (χ1v) is 9.01. The van der Waals surface area contributed by atoms with Crippen LogP contribution in [0.25, 0.3) is 0 Å². The summed E-state index contributed by atoms with van der Waals surface area (Å²) in [5.74, 6) is 1.04. The Hall–Kier alpha value is -2.88. The average Bonchev–Trinajstić information content (AvgIpc) is 3.29. The van der Waals surface area contributed by atoms with Gasteiger partial charge in [-0.25, -0.2) is 4.68 Å². The molecule has 0 atom stereocenters. The Morgan fingerprint density at radius 3 is 2.65 bits per heavy atom. The van der Waals surface area contributed by atoms with Gasteiger partial charge in [-0.15, -0.1) is 15.3 Å². The molecule has 0 aliphatic carbocycles. The van der Waals surface area contributed by atoms with Crippen molar-refractivity contribution >= 4 is 22.4 Å². The first-order chi connectivity index (χ1) is 12.6. The Labute approximate surface area is 154 Å². The lowest BCUT2D eigenvalue weighted by Gasteiger charge is -2.09. The minimum Gasteiger partial charge on any atom is -0.486 e. The Balaban J connectivity index is 1.59. The smallest absolute Gasteiger partial charge is 0.257 e. The molecule has 136 valence electrons. The molecule has 0 radical (unpaired) electrons. The lowest BCUT2D eigenvalue weighted by atomic mass is 10.2. The summed E-state index contributed by atoms with van der Waals surface area (Å²) in [5.41, 5.74) is 0.512. The second-order valence-corrected chi connectivity index (χ2v) is 6.82. The summed E-state index contributed by atoms with van der Waals surface area (Å²) >= 11 is 1.37. The summed E-state index contributed by atoms with van der Waals surface area (Å²) in [6, 6.07) is 7.00. The Bertz CT molecular complexity index is 873. The van der Waals surface area contributed by atoms with E-state index in [1.165, 1.54) is 11.3 Å². The standard InChI is InChI=1S/C16H19N7O2S/c1-4-14-19-20-16(26-14)17-15(24)11-5-7-12(8-6-11)25-9-13-18-21-22-23(13)10(2)3/h5-8,10H,4,9H2,1-3H3,(H,17,20,24). The number of ether oxygens (including phenoxy) is 1. The molecule has 0 fully saturated rings. The van der Waals surface area contributed by atoms with E-state index in [2.05, 4.69) is 31.0 Å². The summed E-state index contributed by atoms with van der Waals surface area (Å²) in [7, 11) is 0. The molecule has 0 unspecified atom stereocenters. The van der Waals surface area contributed by atoms with Crippen LogP contribution in [-0.4, -0.2) is 36.3 Å². The third kappa shape index (κ3) is 4.20. The van der Waals surface area contributed by atoms with Gasteiger partial charge in [-0.05, 0) is 55.0 Å². The number of hydrogen-bond acceptors (Lipinski definition) is 8. The summed E-state index contributed by atoms with van der Waals surface area (Å²) in [6.45, 7) is 6.23. The van der Waals surface area contributed by atoms with Gasteiger partial charge < -0.3 is 4.74 Å². The van der Waals surface area contributed by atoms with E-state index < -0.39 is 0 Å². The number of anilines is 1. The number of benzene rings is 1. The van der Waals surface area contributed by atoms with Crippen LogP contribution in [0.5, 0.6) is 5.75 Å². The molecule has 1 amide bonds. The number of aromatic nitrogens is 6. The van der Waals surface area contributed by atoms with Gasteiger partial charge in [0.15, 0.2) is 5.82 Å². The zero-order chi connectivity index (χ0) is 18.5. The van der Waals surface area contributed by atoms with Crippen LogP contribution in [0.1, 0.15) is 48.0 Å². The highest BCUT2D eigenvalue weighted by Gasteiger charge is 2.12. The van der Waals surface area contributed by atoms with Crippen LogP contribution < -0.4 is 10.1 Å². The van der Waals surface area contributed by atoms with E-state index in [1.54, 1.807) is 28.9 Å². The van der Waals surface area contributed by atoms with Crippen LogP contribution in [0.2, 0.25) is 0 Å². The van der Waals surface area contributed by atoms with Crippen molar-refractivity contribution < 1.29 is 9.53 Å². The second kappa shape index (κ2) is 8.00. The lowest BCUT2D eigenvalue weighted by molar-refractivity contribution is 0.102. The molecule has 2 heterocycles. The maximum Gasteiger partial charge on any atom is 0.257 e. The van der Waals surface area contributed by atoms with Crippen LogP contribution >= 0.6 is 11.3 Å². The van der Waals surface area contributed by atoms with E-state index in [0.29, 0.717) is 22.3 Å². The zero-order valence-electron chi connectivity index (χ0n) is 14.7. The summed E-state index contributed by atoms with van der Waals surface area (Å²) < 4.78 is 7.40. The largest absolute Gasteiger partial charge is 0.486 e. The molecule has 0 aliphatic rings. The van der Waals surface area contributed by atoms with E-state index in [4.69, 9.17) is 4.74 Å². The fraction of sp³-hybridized carbons (Fsp3) is 0.375. The van der Waals surface area contributed by atoms with E-state index in [1.807, 2.05) is 20.8 Å². The number of hydrogen-bond donors (Lipinski definition) is 1. The van der Waals surface area contributed by atoms with E-state index in [9.17, 15) is 4.79 Å². The lowest BCUT2D eigenvalue weighted by Crippen LogP contribution is -2.12. The summed E-state index contributed by atoms with van der Waals surface area (Å²) in [5, 5.41) is 23.6. The van der Waals surface area contributed by atoms with Crippen molar-refractivity contribution in [3.63, 3.8) is 0 Å². The Morgan fingerprint density at radius 2 is 2.00 bits per heavy atom. The Kier molecular flexibility index (Phi) is 5.52. The SMILES string of the molecule is CCc1nnc(NC(=O)c2ccc(OCc3nnnn3C(C)C)cc2)s1. The van der Waals surface area contributed by atoms with Crippen molar-refractivity contribution in [2.45, 2.75) is 39.8 Å². The van der Waals surface area contributed by atoms with Gasteiger partial charge in [-0.1, -0.05) is 18.3 Å². The highest BCUT2D eigenvalue weighted by atomic mass is 32.1. The fourth-order valence-corrected chi connectivity index (χ4v) is 2.85. The quantitative estimate of drug-likeness (QED) is 0.678. The normalized spacial score (nSPS) is 10.9. The van der Waals surface area contributed by atoms with Crippen molar-refractivity contribution in [3.8, 4) is 5.75 Å². The maximum atomic E-state index is 12.2. The minimum atomic E-state index is -0.237. The van der Waals surface area contributed by atoms with E-state index >= 15 is 0 Å². The van der Waals surface area contributed by atoms with Gasteiger partial charge in [0.2, 0.25) is 5.13 Å². The molecule has 3 rings (SSSR count). The minimum absolute atomic E-state index is 0.156. The summed E-state index contributed by atoms with van der Waals surface area (Å²) in [4.78, 5) is 12.2. The number of nitrogens with one attached hydrogen (secondary N) is 1. The molecule has 3 aromatic rings. The van der Waals surface area contributed by atoms with Gasteiger partial charge in [0.25, 0.3) is 5.91 Å². The third-order valence-electron chi connectivity index (χ3n) is 3.52. The second-order valence-electron chi connectivity index (χ2n) is 5.76. The monoisotopic (exact) mass is 373 g/mol. The number of carbonyl (C=O) groups excluding carboxylic acids is 1. The maximum absolute atomic E-state index is 12.2. The first-order valence-electron chi connectivity index (χ1n) is 8.20. The molecule has 0 saturated carbocycles. The van der Waals surface area contributed by atoms with E-state index in [0.717, 1.165) is 11.4 Å². The fourth-order valence-electron chi connectivity index (χ4n) is 2.18. The average molecular weight is 373 g/mol. The molecule has 0 aliphatic heterocycles. The number of tetrazole rings is 1. The first kappa shape index (κ1) is 17.9. The predicted octanol–water partition coefficient (Wildman–Crippen LogP) is 2.50. The van der Waals surface area contributed by atoms with Crippen LogP contribution in [-0.2, 0) is 13.0 Å². The molecule has 2 aromatic heterocycles. The molecule has 1 aromatic carbocycles. The molecule has 10 heteroatoms. The van der Waals surface area contributed by atoms with Gasteiger partial charge in [0.1, 0.15) is 17.4 Å². The van der Waals surface area contributed by atoms with Crippen molar-refractivity contribution in [1.82, 2.24) is 30.4 Å². The molecule has 26 heavy (non-hydrogen) atoms. The van der Waals surface area contributed by atoms with E-state index in [-0.39, 0.29) is 18.6 Å². The topological polar surface area (TPSA) is 108 Å². The third-order valence-corrected chi connectivity index (χ3v) is 4.51. The van der Waals surface area contributed by atoms with Gasteiger partial charge in [0.05, 0.1) is 6.04 Å². The molecule has 0 spiro atoms. The number of aryl methyl sites for hydroxylation is 1. The van der Waals surface area contributed by atoms with Gasteiger partial charge in [-0.2, -0.15) is 0 Å². The molecule has 9 nitrogen and oxygen atoms in total. The van der Waals surface area contributed by atoms with Crippen LogP contribution in [0.4, 0.5) is 5.13 Å². The van der Waals surface area contributed by atoms with Gasteiger partial charge in [0, 0.05) is 5.56 Å². The van der Waals surface area contributed by atoms with Crippen molar-refractivity contribution in [1.29, 1.82) is 0 Å². The van der Waals surface area contributed by atoms with Gasteiger partial charge in [-0.3, -0.25) is 10.1 Å². The molecular weight excluding hydrogens is 354 g/mol. The van der Waals surface area contributed by atoms with Crippen LogP contribution in [0, 0.1) is 0 Å². The highest BCUT2D eigenvalue weighted by Crippen LogP contribution is 2.18. The zero-order valence-corrected chi connectivity index (χ0v) is 15.5. The molecular formula is C16H19N7O2S. The van der Waals surface area contributed by atoms with Crippen molar-refractivity contribution in [3.05, 3.63) is 40.7 Å². The Morgan fingerprint density at radius 1 is 1.23 bits per heavy atom. The molecule has 1 N–H and O–H groups in total. The summed E-state index contributed by atoms with van der Waals surface area (Å²) in [6.07, 6.45) is 0.791. The van der Waals surface area contributed by atoms with Crippen molar-refractivity contribution in [2.75, 3.05) is 5.32 Å². The highest BCUT2D eigenvalue weighted by molar-refractivity contribution is 7.15. The number of rotatable bonds is 7. The number of amides is 1. The molecule has 0 bridgehead atoms. The van der Waals surface area contributed by atoms with Gasteiger partial charge >= 0.3 is 0 Å². The number of carbonyl (C=O) groups is 1. The van der Waals surface area contributed by atoms with Crippen LogP contribution in [0.3, 0.4) is 0 Å². The molecule has 0 saturated heterocycles.